The summed E-state index contributed by atoms with van der Waals surface area (Å²) < 4.78 is 0. The molecule has 0 radical (unpaired) electrons. The first-order valence-electron chi connectivity index (χ1n) is 35.7. The van der Waals surface area contributed by atoms with Crippen molar-refractivity contribution in [3.63, 3.8) is 0 Å². The SMILES string of the molecule is CC(CCC(=O)O)C1CC[C@H]2[C@@H]3C(=O)CC4CC(=O)CC[C@]4(C)[C@H]3CC(=O)[C@]12C.CC(CCC(=O)O)C1CC[C@H]2[C@@H]3C(=O)CC4CC(=O)CC[C@]4(C)[C@H]3CC(=O)[C@]12C.[Pt].c1ccc([PH+](c2ccccc2)c2ccccc2)cc1.c1ccc([PH+](c2ccccc2)c2ccccc2)cc1. The fraction of sp³-hybridized carbons (Fsp3) is 0.476. The van der Waals surface area contributed by atoms with Crippen LogP contribution in [0.25, 0.3) is 0 Å². The number of benzene rings is 6. The monoisotopic (exact) mass is 1530 g/mol. The average Bonchev–Trinajstić information content (AvgIpc) is 1.39. The third-order valence-corrected chi connectivity index (χ3v) is 31.3. The third kappa shape index (κ3) is 15.2. The molecular weight excluding hydrogens is 1430 g/mol. The molecule has 6 aromatic carbocycles. The van der Waals surface area contributed by atoms with Crippen molar-refractivity contribution < 1.29 is 69.6 Å². The predicted octanol–water partition coefficient (Wildman–Crippen LogP) is 14.5. The minimum atomic E-state index is -0.877. The molecule has 6 aromatic rings. The van der Waals surface area contributed by atoms with Crippen LogP contribution < -0.4 is 31.8 Å². The van der Waals surface area contributed by atoms with Crippen molar-refractivity contribution in [1.82, 2.24) is 0 Å². The van der Waals surface area contributed by atoms with E-state index in [2.05, 4.69) is 224 Å². The molecule has 0 spiro atoms. The zero-order chi connectivity index (χ0) is 68.1. The molecule has 6 unspecified atom stereocenters. The molecule has 0 saturated heterocycles. The van der Waals surface area contributed by atoms with Gasteiger partial charge in [-0.05, 0) is 194 Å². The molecule has 8 fully saturated rings. The van der Waals surface area contributed by atoms with Crippen LogP contribution in [0.2, 0.25) is 0 Å². The molecule has 10 nitrogen and oxygen atoms in total. The number of ketones is 6. The molecule has 0 amide bonds. The van der Waals surface area contributed by atoms with Crippen LogP contribution in [0.3, 0.4) is 0 Å². The molecule has 97 heavy (non-hydrogen) atoms. The number of aliphatic carboxylic acids is 2. The Morgan fingerprint density at radius 2 is 0.670 bits per heavy atom. The van der Waals surface area contributed by atoms with Gasteiger partial charge in [0.1, 0.15) is 66.5 Å². The normalized spacial score (nSPS) is 31.3. The van der Waals surface area contributed by atoms with E-state index in [4.69, 9.17) is 10.2 Å². The zero-order valence-electron chi connectivity index (χ0n) is 57.5. The third-order valence-electron chi connectivity index (χ3n) is 25.8. The second-order valence-electron chi connectivity index (χ2n) is 30.7. The maximum atomic E-state index is 13.6. The average molecular weight is 1530 g/mol. The standard InChI is InChI=1S/2C24H34O5.2C18H15P.Pt/c2*1-13(4-7-21(28)29)16-5-6-17-22-18(12-20(27)24(16,17)3)23(2)9-8-15(25)10-14(23)11-19(22)26;2*1-4-10-16(11-5-1)19(17-12-6-2-7-13-17)18-14-8-3-9-15-18;/h2*13-14,16-18,22H,4-12H2,1-3H3,(H,28,29);2*1-15H;/p+2/t2*13?,14?,16?,17-,18-,22-,23-,24+;;;/m00.../s1. The number of Topliss-reactive ketones (excluding diaryl/α,β-unsaturated/α-hetero) is 6. The summed E-state index contributed by atoms with van der Waals surface area (Å²) in [6.45, 7) is 12.7. The Morgan fingerprint density at radius 1 is 0.402 bits per heavy atom. The number of carbonyl (C=O) groups is 8. The zero-order valence-corrected chi connectivity index (χ0v) is 61.7. The fourth-order valence-electron chi connectivity index (χ4n) is 20.5. The summed E-state index contributed by atoms with van der Waals surface area (Å²) in [7, 11) is -1.75. The second-order valence-corrected chi connectivity index (χ2v) is 35.6. The van der Waals surface area contributed by atoms with E-state index in [0.29, 0.717) is 64.2 Å². The number of hydrogen-bond donors (Lipinski definition) is 2. The first-order chi connectivity index (χ1) is 46.1. The van der Waals surface area contributed by atoms with Crippen LogP contribution >= 0.6 is 15.8 Å². The number of carboxylic acids is 2. The Bertz CT molecular complexity index is 3310. The van der Waals surface area contributed by atoms with E-state index in [1.165, 1.54) is 31.8 Å². The van der Waals surface area contributed by atoms with Crippen LogP contribution in [0.1, 0.15) is 157 Å². The topological polar surface area (TPSA) is 177 Å². The molecule has 0 bridgehead atoms. The van der Waals surface area contributed by atoms with Gasteiger partial charge in [-0.1, -0.05) is 151 Å². The molecule has 514 valence electrons. The van der Waals surface area contributed by atoms with Crippen molar-refractivity contribution in [2.24, 2.45) is 92.7 Å². The van der Waals surface area contributed by atoms with Gasteiger partial charge in [-0.15, -0.1) is 0 Å². The first kappa shape index (κ1) is 73.5. The molecule has 0 aromatic heterocycles. The number of fused-ring (bicyclic) bond motifs is 10. The number of carbonyl (C=O) groups excluding carboxylic acids is 6. The van der Waals surface area contributed by atoms with Crippen LogP contribution in [0.5, 0.6) is 0 Å². The quantitative estimate of drug-likeness (QED) is 0.0998. The van der Waals surface area contributed by atoms with Crippen molar-refractivity contribution >= 4 is 94.3 Å². The molecule has 0 heterocycles. The van der Waals surface area contributed by atoms with Crippen molar-refractivity contribution in [3.8, 4) is 0 Å². The van der Waals surface area contributed by atoms with Gasteiger partial charge in [0.15, 0.2) is 0 Å². The van der Waals surface area contributed by atoms with Crippen LogP contribution in [-0.4, -0.2) is 56.9 Å². The van der Waals surface area contributed by atoms with Gasteiger partial charge < -0.3 is 10.2 Å². The number of carboxylic acid groups (broad SMARTS) is 2. The van der Waals surface area contributed by atoms with Crippen LogP contribution in [-0.2, 0) is 59.4 Å². The summed E-state index contributed by atoms with van der Waals surface area (Å²) in [6, 6.07) is 65.0. The van der Waals surface area contributed by atoms with Crippen molar-refractivity contribution in [2.45, 2.75) is 157 Å². The first-order valence-corrected chi connectivity index (χ1v) is 38.7. The Hall–Kier alpha value is -6.17. The van der Waals surface area contributed by atoms with Crippen LogP contribution in [0.15, 0.2) is 182 Å². The Kier molecular flexibility index (Phi) is 23.9. The largest absolute Gasteiger partial charge is 0.481 e. The van der Waals surface area contributed by atoms with Crippen molar-refractivity contribution in [2.75, 3.05) is 0 Å². The molecule has 16 atom stereocenters. The van der Waals surface area contributed by atoms with Crippen LogP contribution in [0, 0.1) is 92.7 Å². The molecular formula is C84H100O10P2Pt+2. The van der Waals surface area contributed by atoms with Gasteiger partial charge in [-0.25, -0.2) is 0 Å². The predicted molar refractivity (Wildman–Crippen MR) is 387 cm³/mol. The summed E-state index contributed by atoms with van der Waals surface area (Å²) in [5.74, 6) is 1.05. The Labute approximate surface area is 591 Å². The molecule has 13 heteroatoms. The second kappa shape index (κ2) is 31.6. The molecule has 8 saturated carbocycles. The van der Waals surface area contributed by atoms with Gasteiger partial charge in [-0.2, -0.15) is 0 Å². The van der Waals surface area contributed by atoms with E-state index in [-0.39, 0.29) is 150 Å². The summed E-state index contributed by atoms with van der Waals surface area (Å²) in [6.07, 6.45) is 10.7. The van der Waals surface area contributed by atoms with E-state index in [0.717, 1.165) is 38.5 Å². The van der Waals surface area contributed by atoms with Crippen molar-refractivity contribution in [3.05, 3.63) is 182 Å². The number of hydrogen-bond acceptors (Lipinski definition) is 8. The molecule has 2 N–H and O–H groups in total. The summed E-state index contributed by atoms with van der Waals surface area (Å²) in [4.78, 5) is 100.0. The molecule has 8 aliphatic rings. The minimum Gasteiger partial charge on any atom is -0.481 e. The van der Waals surface area contributed by atoms with E-state index >= 15 is 0 Å². The Morgan fingerprint density at radius 3 is 0.928 bits per heavy atom. The van der Waals surface area contributed by atoms with Gasteiger partial charge in [0.25, 0.3) is 0 Å². The van der Waals surface area contributed by atoms with E-state index in [9.17, 15) is 38.4 Å². The minimum absolute atomic E-state index is 0. The van der Waals surface area contributed by atoms with Crippen LogP contribution in [0.4, 0.5) is 0 Å². The fourth-order valence-corrected chi connectivity index (χ4v) is 25.7. The van der Waals surface area contributed by atoms with Gasteiger partial charge in [0.05, 0.1) is 15.8 Å². The summed E-state index contributed by atoms with van der Waals surface area (Å²) >= 11 is 0. The van der Waals surface area contributed by atoms with Gasteiger partial charge in [-0.3, -0.25) is 38.4 Å². The molecule has 8 aliphatic carbocycles. The Balaban J connectivity index is 0.000000143. The molecule has 0 aliphatic heterocycles. The smallest absolute Gasteiger partial charge is 0.303 e. The summed E-state index contributed by atoms with van der Waals surface area (Å²) in [5, 5.41) is 26.7. The summed E-state index contributed by atoms with van der Waals surface area (Å²) in [5.41, 5.74) is -1.20. The van der Waals surface area contributed by atoms with Crippen molar-refractivity contribution in [1.29, 1.82) is 0 Å². The maximum absolute atomic E-state index is 13.6. The van der Waals surface area contributed by atoms with Gasteiger partial charge >= 0.3 is 11.9 Å². The molecule has 14 rings (SSSR count). The van der Waals surface area contributed by atoms with E-state index < -0.39 is 38.6 Å². The van der Waals surface area contributed by atoms with Gasteiger partial charge in [0.2, 0.25) is 0 Å². The van der Waals surface area contributed by atoms with E-state index in [1.807, 2.05) is 0 Å². The number of rotatable bonds is 14. The maximum Gasteiger partial charge on any atom is 0.303 e. The van der Waals surface area contributed by atoms with E-state index in [1.54, 1.807) is 0 Å². The van der Waals surface area contributed by atoms with Gasteiger partial charge in [0, 0.05) is 108 Å².